The lowest BCUT2D eigenvalue weighted by molar-refractivity contribution is -0.116. The summed E-state index contributed by atoms with van der Waals surface area (Å²) < 4.78 is 0. The van der Waals surface area contributed by atoms with E-state index in [2.05, 4.69) is 45.2 Å². The van der Waals surface area contributed by atoms with Crippen molar-refractivity contribution in [3.05, 3.63) is 69.6 Å². The Kier molecular flexibility index (Phi) is 3.35. The molecule has 124 valence electrons. The number of aromatic amines is 1. The highest BCUT2D eigenvalue weighted by Crippen LogP contribution is 2.48. The van der Waals surface area contributed by atoms with Gasteiger partial charge in [-0.05, 0) is 29.9 Å². The lowest BCUT2D eigenvalue weighted by Gasteiger charge is -2.31. The molecule has 2 aliphatic rings. The van der Waals surface area contributed by atoms with Gasteiger partial charge in [0.25, 0.3) is 0 Å². The Hall–Kier alpha value is -2.66. The van der Waals surface area contributed by atoms with Crippen LogP contribution in [0.2, 0.25) is 0 Å². The number of aromatic nitrogens is 2. The summed E-state index contributed by atoms with van der Waals surface area (Å²) in [5.41, 5.74) is 5.15. The van der Waals surface area contributed by atoms with Crippen LogP contribution in [0.4, 0.5) is 5.82 Å². The number of H-pyrrole nitrogens is 1. The van der Waals surface area contributed by atoms with Gasteiger partial charge in [-0.25, -0.2) is 0 Å². The molecule has 2 N–H and O–H groups in total. The predicted molar refractivity (Wildman–Crippen MR) is 99.7 cm³/mol. The highest BCUT2D eigenvalue weighted by molar-refractivity contribution is 7.10. The van der Waals surface area contributed by atoms with Crippen LogP contribution in [0.1, 0.15) is 35.6 Å². The van der Waals surface area contributed by atoms with Crippen molar-refractivity contribution in [2.24, 2.45) is 0 Å². The van der Waals surface area contributed by atoms with Gasteiger partial charge in [0, 0.05) is 28.1 Å². The third-order valence-corrected chi connectivity index (χ3v) is 5.93. The zero-order valence-corrected chi connectivity index (χ0v) is 14.4. The maximum atomic E-state index is 12.8. The normalized spacial score (nSPS) is 19.4. The first-order valence-corrected chi connectivity index (χ1v) is 9.41. The smallest absolute Gasteiger partial charge is 0.161 e. The number of hydrogen-bond donors (Lipinski definition) is 2. The number of hydrogen-bond acceptors (Lipinski definition) is 4. The van der Waals surface area contributed by atoms with Gasteiger partial charge in [-0.1, -0.05) is 36.4 Å². The quantitative estimate of drug-likeness (QED) is 0.706. The number of nitrogens with one attached hydrogen (secondary N) is 2. The molecule has 25 heavy (non-hydrogen) atoms. The molecule has 0 unspecified atom stereocenters. The minimum absolute atomic E-state index is 0.0343. The first-order chi connectivity index (χ1) is 12.3. The summed E-state index contributed by atoms with van der Waals surface area (Å²) in [5, 5.41) is 13.2. The second-order valence-electron chi connectivity index (χ2n) is 6.47. The topological polar surface area (TPSA) is 57.8 Å². The summed E-state index contributed by atoms with van der Waals surface area (Å²) in [6, 6.07) is 14.4. The number of nitrogens with zero attached hydrogens (tertiary/aromatic N) is 1. The highest BCUT2D eigenvalue weighted by Gasteiger charge is 2.38. The molecule has 0 radical (unpaired) electrons. The number of thiophene rings is 1. The Balaban J connectivity index is 1.75. The maximum absolute atomic E-state index is 12.8. The zero-order valence-electron chi connectivity index (χ0n) is 13.6. The Labute approximate surface area is 149 Å². The number of allylic oxidation sites excluding steroid dienone is 2. The third kappa shape index (κ3) is 2.27. The van der Waals surface area contributed by atoms with Crippen LogP contribution in [0, 0.1) is 0 Å². The van der Waals surface area contributed by atoms with Crippen molar-refractivity contribution in [3.8, 4) is 11.3 Å². The van der Waals surface area contributed by atoms with Gasteiger partial charge in [-0.2, -0.15) is 5.10 Å². The number of Topliss-reactive ketones (excluding diaryl/α,β-unsaturated/α-hetero) is 1. The van der Waals surface area contributed by atoms with Crippen molar-refractivity contribution in [1.29, 1.82) is 0 Å². The van der Waals surface area contributed by atoms with E-state index < -0.39 is 0 Å². The summed E-state index contributed by atoms with van der Waals surface area (Å²) in [5.74, 6) is 1.08. The molecule has 0 saturated carbocycles. The van der Waals surface area contributed by atoms with Crippen molar-refractivity contribution < 1.29 is 4.79 Å². The molecule has 5 heteroatoms. The highest BCUT2D eigenvalue weighted by atomic mass is 32.1. The fraction of sp³-hybridized carbons (Fsp3) is 0.200. The number of carbonyl (C=O) groups excluding carboxylic acids is 1. The van der Waals surface area contributed by atoms with Gasteiger partial charge in [0.15, 0.2) is 11.6 Å². The molecule has 3 heterocycles. The second-order valence-corrected chi connectivity index (χ2v) is 7.45. The lowest BCUT2D eigenvalue weighted by Crippen LogP contribution is -2.26. The van der Waals surface area contributed by atoms with Crippen LogP contribution < -0.4 is 5.32 Å². The molecule has 1 aromatic carbocycles. The molecule has 2 aromatic heterocycles. The van der Waals surface area contributed by atoms with E-state index in [4.69, 9.17) is 0 Å². The summed E-state index contributed by atoms with van der Waals surface area (Å²) in [4.78, 5) is 14.0. The average Bonchev–Trinajstić information content (AvgIpc) is 3.31. The second kappa shape index (κ2) is 5.70. The summed E-state index contributed by atoms with van der Waals surface area (Å²) >= 11 is 1.70. The van der Waals surface area contributed by atoms with Crippen LogP contribution in [0.5, 0.6) is 0 Å². The van der Waals surface area contributed by atoms with Gasteiger partial charge in [-0.3, -0.25) is 9.89 Å². The molecular formula is C20H17N3OS. The van der Waals surface area contributed by atoms with E-state index in [0.29, 0.717) is 6.42 Å². The minimum atomic E-state index is -0.0343. The van der Waals surface area contributed by atoms with E-state index >= 15 is 0 Å². The molecule has 0 saturated heterocycles. The van der Waals surface area contributed by atoms with Crippen LogP contribution in [0.25, 0.3) is 11.3 Å². The van der Waals surface area contributed by atoms with E-state index in [0.717, 1.165) is 46.8 Å². The number of carbonyl (C=O) groups is 1. The van der Waals surface area contributed by atoms with Gasteiger partial charge >= 0.3 is 0 Å². The molecule has 0 bridgehead atoms. The fourth-order valence-electron chi connectivity index (χ4n) is 3.91. The van der Waals surface area contributed by atoms with Gasteiger partial charge < -0.3 is 5.32 Å². The SMILES string of the molecule is O=C1CCCC2=C1[C@H](c1cccs1)c1c(n[nH]c1-c1ccccc1)N2. The average molecular weight is 347 g/mol. The predicted octanol–water partition coefficient (Wildman–Crippen LogP) is 4.70. The van der Waals surface area contributed by atoms with Crippen molar-refractivity contribution in [3.63, 3.8) is 0 Å². The van der Waals surface area contributed by atoms with Crippen molar-refractivity contribution in [2.75, 3.05) is 5.32 Å². The molecule has 3 aromatic rings. The zero-order chi connectivity index (χ0) is 16.8. The number of rotatable bonds is 2. The van der Waals surface area contributed by atoms with E-state index in [1.807, 2.05) is 18.2 Å². The van der Waals surface area contributed by atoms with Crippen LogP contribution in [-0.2, 0) is 4.79 Å². The number of benzene rings is 1. The third-order valence-electron chi connectivity index (χ3n) is 5.00. The molecule has 0 spiro atoms. The number of anilines is 1. The molecule has 1 aliphatic heterocycles. The number of fused-ring (bicyclic) bond motifs is 1. The summed E-state index contributed by atoms with van der Waals surface area (Å²) in [6.45, 7) is 0. The van der Waals surface area contributed by atoms with E-state index in [9.17, 15) is 4.79 Å². The molecule has 1 aliphatic carbocycles. The standard InChI is InChI=1S/C20H17N3OS/c24-14-9-4-8-13-16(14)17(15-10-5-11-25-15)18-19(22-23-20(18)21-13)12-6-2-1-3-7-12/h1-3,5-7,10-11,17H,4,8-9H2,(H2,21,22,23)/t17-/m0/s1. The van der Waals surface area contributed by atoms with Crippen molar-refractivity contribution in [1.82, 2.24) is 10.2 Å². The first-order valence-electron chi connectivity index (χ1n) is 8.53. The Bertz CT molecular complexity index is 970. The van der Waals surface area contributed by atoms with Gasteiger partial charge in [0.1, 0.15) is 0 Å². The molecule has 0 amide bonds. The molecular weight excluding hydrogens is 330 g/mol. The van der Waals surface area contributed by atoms with Crippen LogP contribution >= 0.6 is 11.3 Å². The maximum Gasteiger partial charge on any atom is 0.161 e. The van der Waals surface area contributed by atoms with Crippen LogP contribution in [0.3, 0.4) is 0 Å². The van der Waals surface area contributed by atoms with Crippen LogP contribution in [-0.4, -0.2) is 16.0 Å². The Morgan fingerprint density at radius 3 is 2.76 bits per heavy atom. The molecule has 1 atom stereocenters. The van der Waals surface area contributed by atoms with Gasteiger partial charge in [0.2, 0.25) is 0 Å². The van der Waals surface area contributed by atoms with Crippen molar-refractivity contribution in [2.45, 2.75) is 25.2 Å². The lowest BCUT2D eigenvalue weighted by atomic mass is 9.78. The van der Waals surface area contributed by atoms with Crippen LogP contribution in [0.15, 0.2) is 59.1 Å². The Morgan fingerprint density at radius 1 is 1.08 bits per heavy atom. The summed E-state index contributed by atoms with van der Waals surface area (Å²) in [6.07, 6.45) is 2.46. The summed E-state index contributed by atoms with van der Waals surface area (Å²) in [7, 11) is 0. The molecule has 5 rings (SSSR count). The van der Waals surface area contributed by atoms with Gasteiger partial charge in [-0.15, -0.1) is 11.3 Å². The molecule has 0 fully saturated rings. The van der Waals surface area contributed by atoms with E-state index in [1.165, 1.54) is 4.88 Å². The fourth-order valence-corrected chi connectivity index (χ4v) is 4.75. The van der Waals surface area contributed by atoms with Crippen molar-refractivity contribution >= 4 is 22.9 Å². The molecule has 4 nitrogen and oxygen atoms in total. The Morgan fingerprint density at radius 2 is 1.96 bits per heavy atom. The first kappa shape index (κ1) is 14.7. The van der Waals surface area contributed by atoms with E-state index in [-0.39, 0.29) is 11.7 Å². The van der Waals surface area contributed by atoms with E-state index in [1.54, 1.807) is 11.3 Å². The van der Waals surface area contributed by atoms with Gasteiger partial charge in [0.05, 0.1) is 11.6 Å². The number of ketones is 1. The minimum Gasteiger partial charge on any atom is -0.342 e. The largest absolute Gasteiger partial charge is 0.342 e. The monoisotopic (exact) mass is 347 g/mol.